The number of amides is 3. The summed E-state index contributed by atoms with van der Waals surface area (Å²) in [6.45, 7) is -0.0787. The Labute approximate surface area is 155 Å². The van der Waals surface area contributed by atoms with Crippen LogP contribution >= 0.6 is 0 Å². The molecule has 1 aliphatic heterocycles. The van der Waals surface area contributed by atoms with Gasteiger partial charge in [0.1, 0.15) is 11.8 Å². The summed E-state index contributed by atoms with van der Waals surface area (Å²) in [5.41, 5.74) is 3.90. The van der Waals surface area contributed by atoms with Crippen LogP contribution in [0.25, 0.3) is 0 Å². The van der Waals surface area contributed by atoms with Gasteiger partial charge >= 0.3 is 0 Å². The van der Waals surface area contributed by atoms with Crippen LogP contribution in [-0.2, 0) is 9.59 Å². The summed E-state index contributed by atoms with van der Waals surface area (Å²) < 4.78 is 5.20. The highest BCUT2D eigenvalue weighted by Crippen LogP contribution is 2.20. The molecule has 0 saturated carbocycles. The summed E-state index contributed by atoms with van der Waals surface area (Å²) in [6.07, 6.45) is 0.325. The number of anilines is 2. The van der Waals surface area contributed by atoms with Crippen molar-refractivity contribution in [3.05, 3.63) is 54.1 Å². The van der Waals surface area contributed by atoms with E-state index in [0.717, 1.165) is 0 Å². The highest BCUT2D eigenvalue weighted by molar-refractivity contribution is 6.05. The molecule has 1 saturated heterocycles. The Hall–Kier alpha value is -3.86. The molecule has 0 radical (unpaired) electrons. The van der Waals surface area contributed by atoms with E-state index in [2.05, 4.69) is 10.7 Å². The molecule has 1 heterocycles. The van der Waals surface area contributed by atoms with Crippen LogP contribution in [0.3, 0.4) is 0 Å². The third-order valence-electron chi connectivity index (χ3n) is 3.83. The van der Waals surface area contributed by atoms with Crippen LogP contribution in [0.5, 0.6) is 5.75 Å². The average Bonchev–Trinajstić information content (AvgIpc) is 2.68. The summed E-state index contributed by atoms with van der Waals surface area (Å²) >= 11 is 0. The Kier molecular flexibility index (Phi) is 5.33. The number of rotatable bonds is 5. The molecular formula is C19H16N4O4. The Morgan fingerprint density at radius 2 is 1.96 bits per heavy atom. The van der Waals surface area contributed by atoms with Gasteiger partial charge in [-0.2, -0.15) is 5.26 Å². The van der Waals surface area contributed by atoms with Crippen LogP contribution in [0.15, 0.2) is 48.5 Å². The fourth-order valence-corrected chi connectivity index (χ4v) is 2.53. The number of hydrogen-bond acceptors (Lipinski definition) is 5. The number of hydrogen-bond donors (Lipinski definition) is 2. The molecule has 0 spiro atoms. The normalized spacial score (nSPS) is 13.5. The number of ether oxygens (including phenoxy) is 1. The van der Waals surface area contributed by atoms with Crippen LogP contribution in [0.4, 0.5) is 11.4 Å². The second kappa shape index (κ2) is 8.01. The molecule has 1 fully saturated rings. The van der Waals surface area contributed by atoms with E-state index in [9.17, 15) is 14.4 Å². The fraction of sp³-hybridized carbons (Fsp3) is 0.158. The first-order valence-corrected chi connectivity index (χ1v) is 8.20. The van der Waals surface area contributed by atoms with Crippen LogP contribution in [0.1, 0.15) is 23.2 Å². The molecule has 2 N–H and O–H groups in total. The van der Waals surface area contributed by atoms with E-state index < -0.39 is 0 Å². The molecular weight excluding hydrogens is 348 g/mol. The van der Waals surface area contributed by atoms with Crippen LogP contribution in [0, 0.1) is 11.3 Å². The number of carbonyl (C=O) groups is 3. The van der Waals surface area contributed by atoms with Gasteiger partial charge in [-0.1, -0.05) is 6.07 Å². The minimum Gasteiger partial charge on any atom is -0.479 e. The minimum absolute atomic E-state index is 0.0787. The van der Waals surface area contributed by atoms with Crippen molar-refractivity contribution < 1.29 is 19.1 Å². The second-order valence-corrected chi connectivity index (χ2v) is 5.74. The lowest BCUT2D eigenvalue weighted by molar-refractivity contribution is -0.130. The van der Waals surface area contributed by atoms with Gasteiger partial charge in [0.25, 0.3) is 5.91 Å². The summed E-state index contributed by atoms with van der Waals surface area (Å²) in [6, 6.07) is 14.9. The molecule has 0 aliphatic carbocycles. The highest BCUT2D eigenvalue weighted by atomic mass is 16.5. The van der Waals surface area contributed by atoms with Gasteiger partial charge in [-0.05, 0) is 36.4 Å². The van der Waals surface area contributed by atoms with E-state index in [1.54, 1.807) is 48.5 Å². The van der Waals surface area contributed by atoms with Gasteiger partial charge in [-0.15, -0.1) is 0 Å². The van der Waals surface area contributed by atoms with Gasteiger partial charge in [0.15, 0.2) is 6.61 Å². The summed E-state index contributed by atoms with van der Waals surface area (Å²) in [5.74, 6) is -0.298. The first-order chi connectivity index (χ1) is 13.1. The molecule has 0 aromatic heterocycles. The third-order valence-corrected chi connectivity index (χ3v) is 3.83. The molecule has 2 aromatic rings. The van der Waals surface area contributed by atoms with Gasteiger partial charge in [-0.3, -0.25) is 19.8 Å². The lowest BCUT2D eigenvalue weighted by Gasteiger charge is -2.27. The molecule has 0 atom stereocenters. The van der Waals surface area contributed by atoms with Gasteiger partial charge < -0.3 is 10.1 Å². The molecule has 3 rings (SSSR count). The van der Waals surface area contributed by atoms with E-state index in [0.29, 0.717) is 22.7 Å². The Balaban J connectivity index is 1.68. The van der Waals surface area contributed by atoms with Gasteiger partial charge in [0, 0.05) is 30.2 Å². The molecule has 0 unspecified atom stereocenters. The van der Waals surface area contributed by atoms with E-state index in [1.165, 1.54) is 5.01 Å². The molecule has 8 nitrogen and oxygen atoms in total. The topological polar surface area (TPSA) is 112 Å². The molecule has 0 bridgehead atoms. The summed E-state index contributed by atoms with van der Waals surface area (Å²) in [7, 11) is 0. The third kappa shape index (κ3) is 4.41. The lowest BCUT2D eigenvalue weighted by atomic mass is 10.1. The SMILES string of the molecule is N#CCOc1cccc(NC(=O)c2ccc(N3NC(=O)CCC3=O)cc2)c1. The predicted molar refractivity (Wildman–Crippen MR) is 96.8 cm³/mol. The number of hydrazine groups is 1. The van der Waals surface area contributed by atoms with Crippen molar-refractivity contribution in [1.29, 1.82) is 5.26 Å². The quantitative estimate of drug-likeness (QED) is 0.843. The molecule has 136 valence electrons. The van der Waals surface area contributed by atoms with Crippen molar-refractivity contribution in [3.8, 4) is 11.8 Å². The first kappa shape index (κ1) is 17.9. The minimum atomic E-state index is -0.340. The van der Waals surface area contributed by atoms with Crippen LogP contribution < -0.4 is 20.5 Å². The standard InChI is InChI=1S/C19H16N4O4/c20-10-11-27-16-3-1-2-14(12-16)21-19(26)13-4-6-15(7-5-13)23-18(25)9-8-17(24)22-23/h1-7,12H,8-9,11H2,(H,21,26)(H,22,24). The largest absolute Gasteiger partial charge is 0.479 e. The smallest absolute Gasteiger partial charge is 0.255 e. The zero-order chi connectivity index (χ0) is 19.2. The van der Waals surface area contributed by atoms with Crippen molar-refractivity contribution in [2.45, 2.75) is 12.8 Å². The maximum atomic E-state index is 12.4. The zero-order valence-corrected chi connectivity index (χ0v) is 14.3. The predicted octanol–water partition coefficient (Wildman–Crippen LogP) is 2.00. The maximum Gasteiger partial charge on any atom is 0.255 e. The van der Waals surface area contributed by atoms with Crippen molar-refractivity contribution in [2.75, 3.05) is 16.9 Å². The van der Waals surface area contributed by atoms with Crippen molar-refractivity contribution in [1.82, 2.24) is 5.43 Å². The Bertz CT molecular complexity index is 918. The van der Waals surface area contributed by atoms with E-state index in [-0.39, 0.29) is 37.2 Å². The van der Waals surface area contributed by atoms with E-state index in [4.69, 9.17) is 10.00 Å². The summed E-state index contributed by atoms with van der Waals surface area (Å²) in [4.78, 5) is 35.8. The average molecular weight is 364 g/mol. The van der Waals surface area contributed by atoms with Crippen LogP contribution in [-0.4, -0.2) is 24.3 Å². The molecule has 3 amide bonds. The number of nitriles is 1. The highest BCUT2D eigenvalue weighted by Gasteiger charge is 2.24. The van der Waals surface area contributed by atoms with Crippen LogP contribution in [0.2, 0.25) is 0 Å². The molecule has 8 heteroatoms. The van der Waals surface area contributed by atoms with Gasteiger partial charge in [0.05, 0.1) is 5.69 Å². The first-order valence-electron chi connectivity index (χ1n) is 8.20. The van der Waals surface area contributed by atoms with Crippen molar-refractivity contribution in [2.24, 2.45) is 0 Å². The molecule has 2 aromatic carbocycles. The summed E-state index contributed by atoms with van der Waals surface area (Å²) in [5, 5.41) is 12.5. The number of nitrogens with one attached hydrogen (secondary N) is 2. The van der Waals surface area contributed by atoms with E-state index in [1.807, 2.05) is 6.07 Å². The lowest BCUT2D eigenvalue weighted by Crippen LogP contribution is -2.50. The van der Waals surface area contributed by atoms with Gasteiger partial charge in [-0.25, -0.2) is 5.01 Å². The molecule has 1 aliphatic rings. The van der Waals surface area contributed by atoms with Crippen molar-refractivity contribution >= 4 is 29.1 Å². The number of nitrogens with zero attached hydrogens (tertiary/aromatic N) is 2. The fourth-order valence-electron chi connectivity index (χ4n) is 2.53. The van der Waals surface area contributed by atoms with E-state index >= 15 is 0 Å². The van der Waals surface area contributed by atoms with Crippen molar-refractivity contribution in [3.63, 3.8) is 0 Å². The zero-order valence-electron chi connectivity index (χ0n) is 14.3. The monoisotopic (exact) mass is 364 g/mol. The Morgan fingerprint density at radius 1 is 1.19 bits per heavy atom. The second-order valence-electron chi connectivity index (χ2n) is 5.74. The Morgan fingerprint density at radius 3 is 2.70 bits per heavy atom. The maximum absolute atomic E-state index is 12.4. The number of benzene rings is 2. The molecule has 27 heavy (non-hydrogen) atoms. The van der Waals surface area contributed by atoms with Gasteiger partial charge in [0.2, 0.25) is 11.8 Å². The number of carbonyl (C=O) groups excluding carboxylic acids is 3.